The van der Waals surface area contributed by atoms with Gasteiger partial charge in [0, 0.05) is 68.3 Å². The molecule has 22 heteroatoms. The minimum atomic E-state index is -1.06. The first kappa shape index (κ1) is 54.3. The van der Waals surface area contributed by atoms with Crippen molar-refractivity contribution in [3.05, 3.63) is 82.4 Å². The van der Waals surface area contributed by atoms with E-state index in [9.17, 15) is 19.2 Å². The van der Waals surface area contributed by atoms with Gasteiger partial charge in [-0.05, 0) is 121 Å². The summed E-state index contributed by atoms with van der Waals surface area (Å²) >= 11 is 0. The number of aromatic amines is 2. The van der Waals surface area contributed by atoms with Gasteiger partial charge in [-0.1, -0.05) is 12.8 Å². The predicted octanol–water partition coefficient (Wildman–Crippen LogP) is 9.47. The van der Waals surface area contributed by atoms with E-state index in [1.165, 1.54) is 52.7 Å². The lowest BCUT2D eigenvalue weighted by Crippen LogP contribution is -2.55. The number of aromatic nitrogens is 4. The number of ether oxygens (including phenoxy) is 4. The van der Waals surface area contributed by atoms with E-state index < -0.39 is 83.9 Å². The highest BCUT2D eigenvalue weighted by molar-refractivity contribution is 5.88. The van der Waals surface area contributed by atoms with Gasteiger partial charge in [0.05, 0.1) is 72.7 Å². The van der Waals surface area contributed by atoms with E-state index in [2.05, 4.69) is 20.6 Å². The zero-order chi connectivity index (χ0) is 55.6. The van der Waals surface area contributed by atoms with Crippen LogP contribution in [0.2, 0.25) is 0 Å². The van der Waals surface area contributed by atoms with E-state index in [1.54, 1.807) is 45.6 Å². The summed E-state index contributed by atoms with van der Waals surface area (Å²) in [6.07, 6.45) is 6.49. The van der Waals surface area contributed by atoms with Gasteiger partial charge in [0.1, 0.15) is 41.1 Å². The van der Waals surface area contributed by atoms with Gasteiger partial charge in [-0.3, -0.25) is 9.59 Å². The number of likely N-dealkylation sites (tertiary alicyclic amines) is 2. The summed E-state index contributed by atoms with van der Waals surface area (Å²) in [6.45, 7) is 4.37. The normalized spacial score (nSPS) is 26.4. The van der Waals surface area contributed by atoms with Crippen LogP contribution in [0.3, 0.4) is 0 Å². The molecular formula is C57H70F4N10O8. The Balaban J connectivity index is 0.956. The molecule has 0 spiro atoms. The standard InChI is InChI=1S/C57H70F4N10O8/c1-28(76-3)49(66-56(74)78-5)54(72)70-43-14-10-12-30(43)20-47(70)52-62-39-24-33(35(58)26-41(39)64-52)45-16-17-46(69(45)32-22-37(60)51(38(61)23-32)68-18-8-7-9-19-68)34-25-40-42(27-36(34)59)65-53(63-40)48-21-31-13-11-15-44(31)71(48)55(73)50(29(2)77-4)67-57(75)79-6/h22-31,43-50H,7-21H2,1-6H3,(H,62,64)(H,63,65)(H,66,74)(H,67,75)/t28-,29-,30+,31+,43+,44+,45-,46-,47+,48+,49+,50+/m1/s1. The van der Waals surface area contributed by atoms with Crippen LogP contribution in [0.15, 0.2) is 36.4 Å². The van der Waals surface area contributed by atoms with Gasteiger partial charge in [0.2, 0.25) is 11.8 Å². The quantitative estimate of drug-likeness (QED) is 0.0770. The number of hydrogen-bond acceptors (Lipinski definition) is 12. The summed E-state index contributed by atoms with van der Waals surface area (Å²) in [6, 6.07) is 3.32. The van der Waals surface area contributed by atoms with Crippen LogP contribution in [-0.4, -0.2) is 132 Å². The van der Waals surface area contributed by atoms with Crippen molar-refractivity contribution >= 4 is 57.4 Å². The van der Waals surface area contributed by atoms with Gasteiger partial charge in [-0.2, -0.15) is 0 Å². The molecule has 11 rings (SSSR count). The lowest BCUT2D eigenvalue weighted by molar-refractivity contribution is -0.140. The van der Waals surface area contributed by atoms with E-state index in [4.69, 9.17) is 28.9 Å². The lowest BCUT2D eigenvalue weighted by atomic mass is 10.0. The second-order valence-corrected chi connectivity index (χ2v) is 22.5. The minimum absolute atomic E-state index is 0.108. The van der Waals surface area contributed by atoms with Gasteiger partial charge < -0.3 is 59.1 Å². The molecule has 0 unspecified atom stereocenters. The largest absolute Gasteiger partial charge is 0.453 e. The first-order chi connectivity index (χ1) is 38.1. The van der Waals surface area contributed by atoms with Crippen molar-refractivity contribution in [2.75, 3.05) is 51.3 Å². The number of anilines is 2. The first-order valence-electron chi connectivity index (χ1n) is 27.9. The van der Waals surface area contributed by atoms with Crippen LogP contribution >= 0.6 is 0 Å². The monoisotopic (exact) mass is 1100 g/mol. The average molecular weight is 1100 g/mol. The predicted molar refractivity (Wildman–Crippen MR) is 284 cm³/mol. The number of nitrogens with one attached hydrogen (secondary N) is 4. The Morgan fingerprint density at radius 3 is 1.43 bits per heavy atom. The maximum atomic E-state index is 17.1. The van der Waals surface area contributed by atoms with E-state index in [1.807, 2.05) is 0 Å². The summed E-state index contributed by atoms with van der Waals surface area (Å²) in [7, 11) is 5.36. The van der Waals surface area contributed by atoms with Gasteiger partial charge >= 0.3 is 12.2 Å². The van der Waals surface area contributed by atoms with E-state index >= 15 is 17.6 Å². The van der Waals surface area contributed by atoms with Crippen LogP contribution in [0.1, 0.15) is 144 Å². The summed E-state index contributed by atoms with van der Waals surface area (Å²) in [5.41, 5.74) is 1.92. The van der Waals surface area contributed by atoms with Gasteiger partial charge in [-0.15, -0.1) is 0 Å². The number of fused-ring (bicyclic) bond motifs is 4. The number of methoxy groups -OCH3 is 4. The summed E-state index contributed by atoms with van der Waals surface area (Å²) in [5, 5.41) is 5.32. The molecular weight excluding hydrogens is 1030 g/mol. The molecule has 6 heterocycles. The van der Waals surface area contributed by atoms with Crippen molar-refractivity contribution in [3.63, 3.8) is 0 Å². The molecule has 2 aromatic heterocycles. The van der Waals surface area contributed by atoms with Crippen molar-refractivity contribution in [1.29, 1.82) is 0 Å². The van der Waals surface area contributed by atoms with Crippen molar-refractivity contribution < 1.29 is 55.7 Å². The molecule has 79 heavy (non-hydrogen) atoms. The molecule has 6 aliphatic rings. The summed E-state index contributed by atoms with van der Waals surface area (Å²) < 4.78 is 88.3. The number of hydrogen-bond donors (Lipinski definition) is 4. The van der Waals surface area contributed by atoms with Crippen molar-refractivity contribution in [2.24, 2.45) is 11.8 Å². The Hall–Kier alpha value is -6.68. The van der Waals surface area contributed by atoms with Crippen molar-refractivity contribution in [3.8, 4) is 0 Å². The molecule has 3 aromatic carbocycles. The number of rotatable bonds is 14. The smallest absolute Gasteiger partial charge is 0.407 e. The number of H-pyrrole nitrogens is 2. The Kier molecular flexibility index (Phi) is 15.2. The number of halogens is 4. The van der Waals surface area contributed by atoms with Crippen LogP contribution in [0.25, 0.3) is 22.1 Å². The molecule has 0 bridgehead atoms. The lowest BCUT2D eigenvalue weighted by Gasteiger charge is -2.35. The molecule has 18 nitrogen and oxygen atoms in total. The average Bonchev–Trinajstić information content (AvgIpc) is 4.53. The number of carbonyl (C=O) groups excluding carboxylic acids is 4. The third-order valence-electron chi connectivity index (χ3n) is 18.3. The number of carbonyl (C=O) groups is 4. The molecule has 2 saturated carbocycles. The Morgan fingerprint density at radius 2 is 1.01 bits per heavy atom. The van der Waals surface area contributed by atoms with Crippen LogP contribution in [0, 0.1) is 35.1 Å². The molecule has 5 aromatic rings. The van der Waals surface area contributed by atoms with Crippen LogP contribution in [-0.2, 0) is 28.5 Å². The zero-order valence-corrected chi connectivity index (χ0v) is 45.5. The Morgan fingerprint density at radius 1 is 0.570 bits per heavy atom. The maximum absolute atomic E-state index is 17.1. The van der Waals surface area contributed by atoms with Crippen molar-refractivity contribution in [2.45, 2.75) is 158 Å². The number of piperidine rings is 1. The highest BCUT2D eigenvalue weighted by Gasteiger charge is 2.52. The maximum Gasteiger partial charge on any atom is 0.407 e. The third kappa shape index (κ3) is 9.87. The molecule has 4 N–H and O–H groups in total. The first-order valence-corrected chi connectivity index (χ1v) is 27.9. The number of imidazole rings is 2. The fraction of sp³-hybridized carbons (Fsp3) is 0.579. The number of benzene rings is 3. The van der Waals surface area contributed by atoms with E-state index in [0.717, 1.165) is 57.8 Å². The molecule has 12 atom stereocenters. The van der Waals surface area contributed by atoms with Gasteiger partial charge in [-0.25, -0.2) is 37.1 Å². The molecule has 424 valence electrons. The molecule has 4 amide bonds. The van der Waals surface area contributed by atoms with Gasteiger partial charge in [0.15, 0.2) is 11.6 Å². The summed E-state index contributed by atoms with van der Waals surface area (Å²) in [4.78, 5) is 77.7. The highest BCUT2D eigenvalue weighted by Crippen LogP contribution is 2.52. The number of amides is 4. The zero-order valence-electron chi connectivity index (χ0n) is 45.5. The summed E-state index contributed by atoms with van der Waals surface area (Å²) in [5.74, 6) is -2.28. The molecule has 4 aliphatic heterocycles. The molecule has 4 saturated heterocycles. The topological polar surface area (TPSA) is 200 Å². The Labute approximate surface area is 455 Å². The van der Waals surface area contributed by atoms with E-state index in [0.29, 0.717) is 59.6 Å². The van der Waals surface area contributed by atoms with Crippen LogP contribution < -0.4 is 20.4 Å². The molecule has 6 fully saturated rings. The second kappa shape index (κ2) is 22.1. The van der Waals surface area contributed by atoms with E-state index in [-0.39, 0.29) is 71.1 Å². The second-order valence-electron chi connectivity index (χ2n) is 22.5. The minimum Gasteiger partial charge on any atom is -0.453 e. The van der Waals surface area contributed by atoms with Gasteiger partial charge in [0.25, 0.3) is 0 Å². The fourth-order valence-electron chi connectivity index (χ4n) is 14.3. The Bertz CT molecular complexity index is 2940. The molecule has 2 aliphatic carbocycles. The number of alkyl carbamates (subject to hydrolysis) is 2. The fourth-order valence-corrected chi connectivity index (χ4v) is 14.3. The highest BCUT2D eigenvalue weighted by atomic mass is 19.1. The van der Waals surface area contributed by atoms with Crippen LogP contribution in [0.5, 0.6) is 0 Å². The van der Waals surface area contributed by atoms with Crippen molar-refractivity contribution in [1.82, 2.24) is 40.4 Å². The molecule has 0 radical (unpaired) electrons. The third-order valence-corrected chi connectivity index (χ3v) is 18.3. The SMILES string of the molecule is COC(=O)N[C@H](C(=O)N1[C@H](c2nc3cc(F)c([C@H]4CC[C@H](c5cc6[nH]c([C@@H]7C[C@@H]8CCC[C@@H]8N7C(=O)[C@@H](NC(=O)OC)[C@@H](C)OC)nc6cc5F)N4c4cc(F)c(N5CCCCC5)c(F)c4)cc3[nH]2)C[C@@H]2CCC[C@@H]21)[C@@H](C)OC. The number of nitrogens with zero attached hydrogens (tertiary/aromatic N) is 6. The van der Waals surface area contributed by atoms with Crippen LogP contribution in [0.4, 0.5) is 38.5 Å².